The third kappa shape index (κ3) is 5.13. The molecule has 8 heteroatoms. The number of piperidine rings is 1. The molecule has 2 heterocycles. The normalized spacial score (nSPS) is 16.9. The van der Waals surface area contributed by atoms with Gasteiger partial charge in [0.15, 0.2) is 0 Å². The highest BCUT2D eigenvalue weighted by molar-refractivity contribution is 6.36. The number of hydrogen-bond donors (Lipinski definition) is 0. The molecule has 0 aliphatic carbocycles. The second-order valence-electron chi connectivity index (χ2n) is 8.98. The van der Waals surface area contributed by atoms with Gasteiger partial charge in [0.1, 0.15) is 11.7 Å². The number of carbonyl (C=O) groups is 1. The summed E-state index contributed by atoms with van der Waals surface area (Å²) in [5.41, 5.74) is 2.03. The molecule has 0 radical (unpaired) electrons. The van der Waals surface area contributed by atoms with Crippen LogP contribution in [0.4, 0.5) is 4.79 Å². The minimum atomic E-state index is -0.535. The van der Waals surface area contributed by atoms with E-state index in [0.29, 0.717) is 35.7 Å². The van der Waals surface area contributed by atoms with Gasteiger partial charge in [0.05, 0.1) is 24.1 Å². The van der Waals surface area contributed by atoms with E-state index in [2.05, 4.69) is 0 Å². The predicted molar refractivity (Wildman–Crippen MR) is 127 cm³/mol. The number of amides is 1. The molecule has 32 heavy (non-hydrogen) atoms. The Bertz CT molecular complexity index is 1100. The third-order valence-corrected chi connectivity index (χ3v) is 6.01. The number of halogens is 2. The fraction of sp³-hybridized carbons (Fsp3) is 0.417. The molecule has 0 saturated carbocycles. The van der Waals surface area contributed by atoms with Crippen molar-refractivity contribution in [2.75, 3.05) is 13.1 Å². The van der Waals surface area contributed by atoms with E-state index in [0.717, 1.165) is 29.4 Å². The third-order valence-electron chi connectivity index (χ3n) is 5.30. The highest BCUT2D eigenvalue weighted by atomic mass is 35.5. The predicted octanol–water partition coefficient (Wildman–Crippen LogP) is 6.17. The molecule has 4 rings (SSSR count). The van der Waals surface area contributed by atoms with Crippen LogP contribution < -0.4 is 4.74 Å². The largest absolute Gasteiger partial charge is 0.459 e. The SMILES string of the molecule is CC(C)(C)OC(=O)N1CCC[C@@H](Oc2nc3ccccc3n2Cc2c(Cl)cccc2Cl)C1. The van der Waals surface area contributed by atoms with E-state index in [1.165, 1.54) is 0 Å². The molecule has 3 aromatic rings. The Morgan fingerprint density at radius 2 is 1.84 bits per heavy atom. The van der Waals surface area contributed by atoms with Crippen LogP contribution in [0.25, 0.3) is 11.0 Å². The molecule has 0 N–H and O–H groups in total. The summed E-state index contributed by atoms with van der Waals surface area (Å²) in [6.45, 7) is 7.13. The topological polar surface area (TPSA) is 56.6 Å². The molecule has 0 unspecified atom stereocenters. The lowest BCUT2D eigenvalue weighted by Gasteiger charge is -2.34. The van der Waals surface area contributed by atoms with Crippen molar-refractivity contribution in [3.8, 4) is 6.01 Å². The summed E-state index contributed by atoms with van der Waals surface area (Å²) in [4.78, 5) is 19.0. The number of fused-ring (bicyclic) bond motifs is 1. The molecule has 0 bridgehead atoms. The van der Waals surface area contributed by atoms with Gasteiger partial charge in [0, 0.05) is 22.2 Å². The van der Waals surface area contributed by atoms with Crippen LogP contribution in [0.3, 0.4) is 0 Å². The van der Waals surface area contributed by atoms with Gasteiger partial charge in [-0.25, -0.2) is 4.79 Å². The molecule has 1 aromatic heterocycles. The summed E-state index contributed by atoms with van der Waals surface area (Å²) in [6, 6.07) is 13.8. The van der Waals surface area contributed by atoms with Gasteiger partial charge in [0.25, 0.3) is 6.01 Å². The Labute approximate surface area is 198 Å². The summed E-state index contributed by atoms with van der Waals surface area (Å²) < 4.78 is 13.9. The number of hydrogen-bond acceptors (Lipinski definition) is 4. The molecule has 1 amide bonds. The fourth-order valence-corrected chi connectivity index (χ4v) is 4.33. The first-order chi connectivity index (χ1) is 15.2. The van der Waals surface area contributed by atoms with Crippen LogP contribution in [0.5, 0.6) is 6.01 Å². The zero-order chi connectivity index (χ0) is 22.9. The molecule has 1 aliphatic rings. The molecule has 1 saturated heterocycles. The Morgan fingerprint density at radius 3 is 2.56 bits per heavy atom. The number of rotatable bonds is 4. The number of para-hydroxylation sites is 2. The number of benzene rings is 2. The van der Waals surface area contributed by atoms with Crippen molar-refractivity contribution in [2.45, 2.75) is 51.9 Å². The average Bonchev–Trinajstić information content (AvgIpc) is 3.06. The van der Waals surface area contributed by atoms with Gasteiger partial charge < -0.3 is 14.4 Å². The van der Waals surface area contributed by atoms with Crippen molar-refractivity contribution in [3.05, 3.63) is 58.1 Å². The maximum absolute atomic E-state index is 12.5. The Kier molecular flexibility index (Phi) is 6.54. The second-order valence-corrected chi connectivity index (χ2v) is 9.79. The highest BCUT2D eigenvalue weighted by Crippen LogP contribution is 2.30. The highest BCUT2D eigenvalue weighted by Gasteiger charge is 2.29. The van der Waals surface area contributed by atoms with Crippen molar-refractivity contribution < 1.29 is 14.3 Å². The minimum Gasteiger partial charge on any atom is -0.459 e. The monoisotopic (exact) mass is 475 g/mol. The minimum absolute atomic E-state index is 0.187. The Balaban J connectivity index is 1.59. The summed E-state index contributed by atoms with van der Waals surface area (Å²) in [7, 11) is 0. The van der Waals surface area contributed by atoms with Crippen LogP contribution in [-0.2, 0) is 11.3 Å². The first-order valence-corrected chi connectivity index (χ1v) is 11.5. The molecule has 6 nitrogen and oxygen atoms in total. The van der Waals surface area contributed by atoms with E-state index < -0.39 is 5.60 Å². The number of aromatic nitrogens is 2. The van der Waals surface area contributed by atoms with Crippen LogP contribution in [0, 0.1) is 0 Å². The van der Waals surface area contributed by atoms with Gasteiger partial charge in [-0.05, 0) is 57.9 Å². The lowest BCUT2D eigenvalue weighted by Crippen LogP contribution is -2.46. The average molecular weight is 476 g/mol. The van der Waals surface area contributed by atoms with Crippen LogP contribution >= 0.6 is 23.2 Å². The van der Waals surface area contributed by atoms with Crippen LogP contribution in [0.2, 0.25) is 10.0 Å². The first-order valence-electron chi connectivity index (χ1n) is 10.7. The Morgan fingerprint density at radius 1 is 1.12 bits per heavy atom. The number of imidazole rings is 1. The van der Waals surface area contributed by atoms with E-state index >= 15 is 0 Å². The molecule has 170 valence electrons. The summed E-state index contributed by atoms with van der Waals surface area (Å²) >= 11 is 12.9. The molecule has 1 aliphatic heterocycles. The van der Waals surface area contributed by atoms with Crippen molar-refractivity contribution in [1.29, 1.82) is 0 Å². The lowest BCUT2D eigenvalue weighted by atomic mass is 10.1. The van der Waals surface area contributed by atoms with Crippen LogP contribution in [0.1, 0.15) is 39.2 Å². The number of carbonyl (C=O) groups excluding carboxylic acids is 1. The van der Waals surface area contributed by atoms with Gasteiger partial charge in [-0.2, -0.15) is 4.98 Å². The molecule has 1 atom stereocenters. The second kappa shape index (κ2) is 9.20. The zero-order valence-corrected chi connectivity index (χ0v) is 20.0. The van der Waals surface area contributed by atoms with E-state index in [4.69, 9.17) is 37.7 Å². The van der Waals surface area contributed by atoms with Gasteiger partial charge in [-0.1, -0.05) is 41.4 Å². The van der Waals surface area contributed by atoms with Gasteiger partial charge in [-0.3, -0.25) is 4.57 Å². The van der Waals surface area contributed by atoms with Crippen molar-refractivity contribution in [1.82, 2.24) is 14.5 Å². The standard InChI is InChI=1S/C24H27Cl2N3O3/c1-24(2,3)32-23(30)28-13-7-8-16(14-28)31-22-27-20-11-4-5-12-21(20)29(22)15-17-18(25)9-6-10-19(17)26/h4-6,9-12,16H,7-8,13-15H2,1-3H3/t16-/m1/s1. The molecule has 0 spiro atoms. The van der Waals surface area contributed by atoms with Crippen molar-refractivity contribution in [2.24, 2.45) is 0 Å². The fourth-order valence-electron chi connectivity index (χ4n) is 3.81. The van der Waals surface area contributed by atoms with E-state index in [-0.39, 0.29) is 12.2 Å². The van der Waals surface area contributed by atoms with Crippen LogP contribution in [0.15, 0.2) is 42.5 Å². The maximum atomic E-state index is 12.5. The van der Waals surface area contributed by atoms with Crippen molar-refractivity contribution >= 4 is 40.3 Å². The van der Waals surface area contributed by atoms with Crippen molar-refractivity contribution in [3.63, 3.8) is 0 Å². The zero-order valence-electron chi connectivity index (χ0n) is 18.5. The van der Waals surface area contributed by atoms with Crippen LogP contribution in [-0.4, -0.2) is 45.3 Å². The summed E-state index contributed by atoms with van der Waals surface area (Å²) in [5.74, 6) is 0. The summed E-state index contributed by atoms with van der Waals surface area (Å²) in [6.07, 6.45) is 1.16. The lowest BCUT2D eigenvalue weighted by molar-refractivity contribution is 0.00626. The van der Waals surface area contributed by atoms with Gasteiger partial charge in [0.2, 0.25) is 0 Å². The molecular weight excluding hydrogens is 449 g/mol. The number of ether oxygens (including phenoxy) is 2. The van der Waals surface area contributed by atoms with Gasteiger partial charge in [-0.15, -0.1) is 0 Å². The molecule has 1 fully saturated rings. The molecular formula is C24H27Cl2N3O3. The molecule has 2 aromatic carbocycles. The van der Waals surface area contributed by atoms with E-state index in [1.807, 2.05) is 67.8 Å². The summed E-state index contributed by atoms with van der Waals surface area (Å²) in [5, 5.41) is 1.19. The number of likely N-dealkylation sites (tertiary alicyclic amines) is 1. The first kappa shape index (κ1) is 22.7. The van der Waals surface area contributed by atoms with Gasteiger partial charge >= 0.3 is 6.09 Å². The van der Waals surface area contributed by atoms with E-state index in [1.54, 1.807) is 4.90 Å². The Hall–Kier alpha value is -2.44. The number of nitrogens with zero attached hydrogens (tertiary/aromatic N) is 3. The van der Waals surface area contributed by atoms with E-state index in [9.17, 15) is 4.79 Å². The maximum Gasteiger partial charge on any atom is 0.410 e. The smallest absolute Gasteiger partial charge is 0.410 e. The quantitative estimate of drug-likeness (QED) is 0.452.